The van der Waals surface area contributed by atoms with E-state index in [9.17, 15) is 4.79 Å². The number of aryl methyl sites for hydroxylation is 1. The molecule has 4 heteroatoms. The molecule has 0 aliphatic heterocycles. The molecule has 0 atom stereocenters. The zero-order valence-electron chi connectivity index (χ0n) is 7.52. The van der Waals surface area contributed by atoms with Crippen LogP contribution in [0.2, 0.25) is 0 Å². The van der Waals surface area contributed by atoms with Crippen molar-refractivity contribution in [3.63, 3.8) is 0 Å². The minimum Gasteiger partial charge on any atom is -0.464 e. The van der Waals surface area contributed by atoms with Crippen molar-refractivity contribution in [2.75, 3.05) is 12.8 Å². The number of H-pyrrole nitrogens is 1. The molecule has 0 spiro atoms. The van der Waals surface area contributed by atoms with Gasteiger partial charge in [-0.1, -0.05) is 0 Å². The van der Waals surface area contributed by atoms with Crippen molar-refractivity contribution in [2.45, 2.75) is 19.3 Å². The van der Waals surface area contributed by atoms with Gasteiger partial charge in [0.2, 0.25) is 0 Å². The van der Waals surface area contributed by atoms with E-state index in [2.05, 4.69) is 9.72 Å². The lowest BCUT2D eigenvalue weighted by Crippen LogP contribution is -2.05. The number of anilines is 1. The number of hydrogen-bond acceptors (Lipinski definition) is 3. The number of aromatic amines is 1. The van der Waals surface area contributed by atoms with E-state index in [1.165, 1.54) is 7.11 Å². The first-order valence-electron chi connectivity index (χ1n) is 4.31. The molecule has 0 saturated heterocycles. The van der Waals surface area contributed by atoms with E-state index < -0.39 is 0 Å². The van der Waals surface area contributed by atoms with Crippen LogP contribution in [0.4, 0.5) is 5.69 Å². The molecule has 0 radical (unpaired) electrons. The second-order valence-corrected chi connectivity index (χ2v) is 3.22. The Bertz CT molecular complexity index is 355. The van der Waals surface area contributed by atoms with E-state index in [0.717, 1.165) is 30.5 Å². The second-order valence-electron chi connectivity index (χ2n) is 3.22. The Morgan fingerprint density at radius 1 is 1.54 bits per heavy atom. The molecule has 0 fully saturated rings. The molecule has 0 amide bonds. The molecule has 1 heterocycles. The van der Waals surface area contributed by atoms with Crippen LogP contribution in [0.1, 0.15) is 28.2 Å². The highest BCUT2D eigenvalue weighted by Gasteiger charge is 2.23. The number of hydrogen-bond donors (Lipinski definition) is 2. The van der Waals surface area contributed by atoms with Crippen molar-refractivity contribution in [3.05, 3.63) is 17.0 Å². The summed E-state index contributed by atoms with van der Waals surface area (Å²) in [4.78, 5) is 14.2. The number of carbonyl (C=O) groups excluding carboxylic acids is 1. The van der Waals surface area contributed by atoms with Crippen LogP contribution >= 0.6 is 0 Å². The lowest BCUT2D eigenvalue weighted by molar-refractivity contribution is 0.0596. The highest BCUT2D eigenvalue weighted by Crippen LogP contribution is 2.29. The smallest absolute Gasteiger partial charge is 0.356 e. The quantitative estimate of drug-likeness (QED) is 0.630. The largest absolute Gasteiger partial charge is 0.464 e. The van der Waals surface area contributed by atoms with Gasteiger partial charge in [0.25, 0.3) is 0 Å². The van der Waals surface area contributed by atoms with Crippen LogP contribution in [0.25, 0.3) is 0 Å². The molecule has 1 aliphatic rings. The van der Waals surface area contributed by atoms with Crippen LogP contribution < -0.4 is 5.73 Å². The van der Waals surface area contributed by atoms with Crippen molar-refractivity contribution in [2.24, 2.45) is 0 Å². The molecule has 3 N–H and O–H groups in total. The topological polar surface area (TPSA) is 68.1 Å². The minimum atomic E-state index is -0.382. The summed E-state index contributed by atoms with van der Waals surface area (Å²) < 4.78 is 4.60. The monoisotopic (exact) mass is 180 g/mol. The normalized spacial score (nSPS) is 14.2. The number of methoxy groups -OCH3 is 1. The summed E-state index contributed by atoms with van der Waals surface area (Å²) >= 11 is 0. The average Bonchev–Trinajstić information content (AvgIpc) is 2.68. The van der Waals surface area contributed by atoms with Gasteiger partial charge >= 0.3 is 5.97 Å². The Morgan fingerprint density at radius 2 is 2.31 bits per heavy atom. The summed E-state index contributed by atoms with van der Waals surface area (Å²) in [5, 5.41) is 0. The highest BCUT2D eigenvalue weighted by atomic mass is 16.5. The molecule has 0 bridgehead atoms. The van der Waals surface area contributed by atoms with Crippen molar-refractivity contribution in [1.29, 1.82) is 0 Å². The predicted molar refractivity (Wildman–Crippen MR) is 48.6 cm³/mol. The molecular weight excluding hydrogens is 168 g/mol. The number of aromatic nitrogens is 1. The van der Waals surface area contributed by atoms with E-state index in [1.807, 2.05) is 0 Å². The van der Waals surface area contributed by atoms with Crippen LogP contribution in [-0.4, -0.2) is 18.1 Å². The summed E-state index contributed by atoms with van der Waals surface area (Å²) in [7, 11) is 1.35. The fourth-order valence-electron chi connectivity index (χ4n) is 1.81. The predicted octanol–water partition coefficient (Wildman–Crippen LogP) is 0.872. The Labute approximate surface area is 76.1 Å². The summed E-state index contributed by atoms with van der Waals surface area (Å²) in [5.74, 6) is -0.382. The van der Waals surface area contributed by atoms with Gasteiger partial charge in [-0.15, -0.1) is 0 Å². The van der Waals surface area contributed by atoms with Gasteiger partial charge in [-0.05, 0) is 24.8 Å². The van der Waals surface area contributed by atoms with Crippen LogP contribution in [0.5, 0.6) is 0 Å². The van der Waals surface area contributed by atoms with Gasteiger partial charge < -0.3 is 15.5 Å². The van der Waals surface area contributed by atoms with Crippen molar-refractivity contribution < 1.29 is 9.53 Å². The van der Waals surface area contributed by atoms with Crippen molar-refractivity contribution in [3.8, 4) is 0 Å². The number of nitrogens with two attached hydrogens (primary N) is 1. The number of esters is 1. The number of rotatable bonds is 1. The van der Waals surface area contributed by atoms with Gasteiger partial charge in [-0.3, -0.25) is 0 Å². The van der Waals surface area contributed by atoms with Gasteiger partial charge in [0.05, 0.1) is 12.8 Å². The van der Waals surface area contributed by atoms with E-state index in [1.54, 1.807) is 0 Å². The Hall–Kier alpha value is -1.45. The first-order valence-corrected chi connectivity index (χ1v) is 4.31. The molecule has 1 aromatic heterocycles. The maximum absolute atomic E-state index is 11.2. The zero-order valence-corrected chi connectivity index (χ0v) is 7.52. The molecule has 1 aromatic rings. The van der Waals surface area contributed by atoms with Crippen molar-refractivity contribution in [1.82, 2.24) is 4.98 Å². The van der Waals surface area contributed by atoms with Gasteiger partial charge in [-0.25, -0.2) is 4.79 Å². The molecule has 1 aliphatic carbocycles. The SMILES string of the molecule is COC(=O)c1[nH]c2c(c1N)CCC2. The highest BCUT2D eigenvalue weighted by molar-refractivity contribution is 5.94. The lowest BCUT2D eigenvalue weighted by Gasteiger charge is -1.98. The number of fused-ring (bicyclic) bond motifs is 1. The van der Waals surface area contributed by atoms with E-state index in [0.29, 0.717) is 11.4 Å². The molecule has 13 heavy (non-hydrogen) atoms. The Kier molecular flexibility index (Phi) is 1.76. The first kappa shape index (κ1) is 8.16. The number of nitrogens with one attached hydrogen (secondary N) is 1. The fourth-order valence-corrected chi connectivity index (χ4v) is 1.81. The maximum Gasteiger partial charge on any atom is 0.356 e. The molecule has 4 nitrogen and oxygen atoms in total. The standard InChI is InChI=1S/C9H12N2O2/c1-13-9(12)8-7(10)5-3-2-4-6(5)11-8/h11H,2-4,10H2,1H3. The molecule has 2 rings (SSSR count). The van der Waals surface area contributed by atoms with Crippen LogP contribution in [0.15, 0.2) is 0 Å². The first-order chi connectivity index (χ1) is 6.24. The van der Waals surface area contributed by atoms with Gasteiger partial charge in [0, 0.05) is 5.69 Å². The summed E-state index contributed by atoms with van der Waals surface area (Å²) in [6.07, 6.45) is 3.07. The number of ether oxygens (including phenoxy) is 1. The van der Waals surface area contributed by atoms with E-state index in [-0.39, 0.29) is 5.97 Å². The van der Waals surface area contributed by atoms with Gasteiger partial charge in [0.1, 0.15) is 5.69 Å². The Morgan fingerprint density at radius 3 is 2.92 bits per heavy atom. The lowest BCUT2D eigenvalue weighted by atomic mass is 10.2. The fraction of sp³-hybridized carbons (Fsp3) is 0.444. The van der Waals surface area contributed by atoms with Gasteiger partial charge in [-0.2, -0.15) is 0 Å². The third-order valence-corrected chi connectivity index (χ3v) is 2.48. The Balaban J connectivity index is 2.44. The molecule has 0 aromatic carbocycles. The third kappa shape index (κ3) is 1.09. The minimum absolute atomic E-state index is 0.382. The van der Waals surface area contributed by atoms with E-state index in [4.69, 9.17) is 5.73 Å². The molecule has 0 unspecified atom stereocenters. The zero-order chi connectivity index (χ0) is 9.42. The summed E-state index contributed by atoms with van der Waals surface area (Å²) in [6.45, 7) is 0. The second kappa shape index (κ2) is 2.80. The average molecular weight is 180 g/mol. The number of carbonyl (C=O) groups is 1. The molecule has 70 valence electrons. The molecular formula is C9H12N2O2. The van der Waals surface area contributed by atoms with Crippen LogP contribution in [0.3, 0.4) is 0 Å². The summed E-state index contributed by atoms with van der Waals surface area (Å²) in [5.41, 5.74) is 8.97. The van der Waals surface area contributed by atoms with Crippen molar-refractivity contribution >= 4 is 11.7 Å². The maximum atomic E-state index is 11.2. The summed E-state index contributed by atoms with van der Waals surface area (Å²) in [6, 6.07) is 0. The number of nitrogen functional groups attached to an aromatic ring is 1. The van der Waals surface area contributed by atoms with Crippen LogP contribution in [-0.2, 0) is 17.6 Å². The van der Waals surface area contributed by atoms with Gasteiger partial charge in [0.15, 0.2) is 0 Å². The molecule has 0 saturated carbocycles. The van der Waals surface area contributed by atoms with Crippen LogP contribution in [0, 0.1) is 0 Å². The third-order valence-electron chi connectivity index (χ3n) is 2.48. The van der Waals surface area contributed by atoms with E-state index >= 15 is 0 Å².